The van der Waals surface area contributed by atoms with Crippen molar-refractivity contribution in [2.75, 3.05) is 7.05 Å². The fraction of sp³-hybridized carbons (Fsp3) is 0.235. The number of fused-ring (bicyclic) bond motifs is 1. The molecule has 2 aromatic heterocycles. The lowest BCUT2D eigenvalue weighted by Crippen LogP contribution is -2.28. The molecule has 118 valence electrons. The molecular formula is C17H17N3O3. The van der Waals surface area contributed by atoms with Crippen molar-refractivity contribution in [1.29, 1.82) is 0 Å². The number of hydrogen-bond donors (Lipinski definition) is 1. The number of para-hydroxylation sites is 1. The van der Waals surface area contributed by atoms with Crippen LogP contribution in [0.1, 0.15) is 27.4 Å². The number of H-pyrrole nitrogens is 1. The summed E-state index contributed by atoms with van der Waals surface area (Å²) in [5.41, 5.74) is 2.39. The molecule has 0 atom stereocenters. The van der Waals surface area contributed by atoms with Crippen LogP contribution in [-0.4, -0.2) is 28.0 Å². The van der Waals surface area contributed by atoms with Crippen LogP contribution >= 0.6 is 0 Å². The van der Waals surface area contributed by atoms with Crippen molar-refractivity contribution in [3.63, 3.8) is 0 Å². The maximum Gasteiger partial charge on any atom is 0.254 e. The topological polar surface area (TPSA) is 79.2 Å². The van der Waals surface area contributed by atoms with Gasteiger partial charge in [-0.15, -0.1) is 0 Å². The Labute approximate surface area is 132 Å². The second-order valence-corrected chi connectivity index (χ2v) is 5.56. The molecule has 0 aliphatic rings. The third kappa shape index (κ3) is 2.75. The van der Waals surface area contributed by atoms with E-state index in [0.717, 1.165) is 16.6 Å². The highest BCUT2D eigenvalue weighted by Gasteiger charge is 2.19. The Kier molecular flexibility index (Phi) is 3.73. The molecule has 0 saturated carbocycles. The molecule has 0 aliphatic carbocycles. The Bertz CT molecular complexity index is 920. The Morgan fingerprint density at radius 1 is 1.30 bits per heavy atom. The quantitative estimate of drug-likeness (QED) is 0.805. The number of carbonyl (C=O) groups is 1. The highest BCUT2D eigenvalue weighted by molar-refractivity contribution is 6.05. The fourth-order valence-corrected chi connectivity index (χ4v) is 2.62. The van der Waals surface area contributed by atoms with Crippen molar-refractivity contribution in [2.24, 2.45) is 0 Å². The van der Waals surface area contributed by atoms with E-state index in [1.807, 2.05) is 32.0 Å². The van der Waals surface area contributed by atoms with Gasteiger partial charge in [-0.1, -0.05) is 23.4 Å². The second kappa shape index (κ2) is 5.72. The van der Waals surface area contributed by atoms with Crippen molar-refractivity contribution < 1.29 is 9.32 Å². The molecule has 0 fully saturated rings. The van der Waals surface area contributed by atoms with E-state index < -0.39 is 0 Å². The van der Waals surface area contributed by atoms with Gasteiger partial charge in [0.15, 0.2) is 0 Å². The summed E-state index contributed by atoms with van der Waals surface area (Å²) in [7, 11) is 1.70. The summed E-state index contributed by atoms with van der Waals surface area (Å²) >= 11 is 0. The highest BCUT2D eigenvalue weighted by Crippen LogP contribution is 2.19. The number of pyridine rings is 1. The number of rotatable bonds is 3. The van der Waals surface area contributed by atoms with Crippen molar-refractivity contribution >= 4 is 16.8 Å². The largest absolute Gasteiger partial charge is 0.361 e. The molecule has 3 aromatic rings. The predicted octanol–water partition coefficient (Wildman–Crippen LogP) is 2.41. The summed E-state index contributed by atoms with van der Waals surface area (Å²) in [6.07, 6.45) is 0. The van der Waals surface area contributed by atoms with E-state index in [1.54, 1.807) is 18.0 Å². The van der Waals surface area contributed by atoms with Crippen LogP contribution < -0.4 is 5.56 Å². The summed E-state index contributed by atoms with van der Waals surface area (Å²) in [4.78, 5) is 28.9. The number of hydrogen-bond acceptors (Lipinski definition) is 4. The zero-order valence-corrected chi connectivity index (χ0v) is 13.2. The van der Waals surface area contributed by atoms with E-state index in [2.05, 4.69) is 10.1 Å². The Morgan fingerprint density at radius 2 is 2.04 bits per heavy atom. The van der Waals surface area contributed by atoms with Crippen LogP contribution in [0.15, 0.2) is 39.6 Å². The first-order chi connectivity index (χ1) is 11.0. The first-order valence-corrected chi connectivity index (χ1v) is 7.26. The third-order valence-corrected chi connectivity index (χ3v) is 3.90. The summed E-state index contributed by atoms with van der Waals surface area (Å²) in [6, 6.07) is 8.60. The summed E-state index contributed by atoms with van der Waals surface area (Å²) in [5.74, 6) is 0.477. The lowest BCUT2D eigenvalue weighted by Gasteiger charge is -2.18. The number of amides is 1. The zero-order valence-electron chi connectivity index (χ0n) is 13.2. The number of carbonyl (C=O) groups excluding carboxylic acids is 1. The molecule has 2 heterocycles. The standard InChI is InChI=1S/C17H17N3O3/c1-10-14(11(2)23-19-10)9-20(3)17(22)13-8-16(21)18-15-7-5-4-6-12(13)15/h4-8H,9H2,1-3H3,(H,18,21). The van der Waals surface area contributed by atoms with Gasteiger partial charge in [-0.3, -0.25) is 9.59 Å². The molecule has 3 rings (SSSR count). The average molecular weight is 311 g/mol. The molecule has 0 saturated heterocycles. The smallest absolute Gasteiger partial charge is 0.254 e. The van der Waals surface area contributed by atoms with E-state index in [1.165, 1.54) is 6.07 Å². The van der Waals surface area contributed by atoms with Crippen molar-refractivity contribution in [2.45, 2.75) is 20.4 Å². The second-order valence-electron chi connectivity index (χ2n) is 5.56. The van der Waals surface area contributed by atoms with Gasteiger partial charge in [0, 0.05) is 29.6 Å². The van der Waals surface area contributed by atoms with E-state index in [4.69, 9.17) is 4.52 Å². The van der Waals surface area contributed by atoms with Crippen LogP contribution in [0.5, 0.6) is 0 Å². The zero-order chi connectivity index (χ0) is 16.6. The number of aromatic nitrogens is 2. The molecule has 0 aliphatic heterocycles. The minimum absolute atomic E-state index is 0.215. The first kappa shape index (κ1) is 15.0. The summed E-state index contributed by atoms with van der Waals surface area (Å²) < 4.78 is 5.13. The predicted molar refractivity (Wildman–Crippen MR) is 86.3 cm³/mol. The third-order valence-electron chi connectivity index (χ3n) is 3.90. The fourth-order valence-electron chi connectivity index (χ4n) is 2.62. The van der Waals surface area contributed by atoms with Gasteiger partial charge in [0.2, 0.25) is 5.56 Å². The van der Waals surface area contributed by atoms with Crippen LogP contribution in [-0.2, 0) is 6.54 Å². The maximum absolute atomic E-state index is 12.8. The van der Waals surface area contributed by atoms with Gasteiger partial charge in [-0.25, -0.2) is 0 Å². The molecule has 0 spiro atoms. The summed E-state index contributed by atoms with van der Waals surface area (Å²) in [5, 5.41) is 4.62. The van der Waals surface area contributed by atoms with Crippen LogP contribution in [0.25, 0.3) is 10.9 Å². The average Bonchev–Trinajstić information content (AvgIpc) is 2.85. The lowest BCUT2D eigenvalue weighted by molar-refractivity contribution is 0.0786. The van der Waals surface area contributed by atoms with Gasteiger partial charge in [0.05, 0.1) is 17.8 Å². The molecule has 23 heavy (non-hydrogen) atoms. The molecular weight excluding hydrogens is 294 g/mol. The molecule has 0 unspecified atom stereocenters. The number of nitrogens with one attached hydrogen (secondary N) is 1. The molecule has 0 bridgehead atoms. The van der Waals surface area contributed by atoms with Crippen molar-refractivity contribution in [3.8, 4) is 0 Å². The van der Waals surface area contributed by atoms with E-state index in [-0.39, 0.29) is 11.5 Å². The lowest BCUT2D eigenvalue weighted by atomic mass is 10.1. The number of aromatic amines is 1. The van der Waals surface area contributed by atoms with Crippen molar-refractivity contribution in [1.82, 2.24) is 15.0 Å². The van der Waals surface area contributed by atoms with Gasteiger partial charge in [-0.2, -0.15) is 0 Å². The first-order valence-electron chi connectivity index (χ1n) is 7.26. The Morgan fingerprint density at radius 3 is 2.74 bits per heavy atom. The Balaban J connectivity index is 1.99. The van der Waals surface area contributed by atoms with Crippen LogP contribution in [0.2, 0.25) is 0 Å². The summed E-state index contributed by atoms with van der Waals surface area (Å²) in [6.45, 7) is 4.03. The molecule has 0 radical (unpaired) electrons. The van der Waals surface area contributed by atoms with Crippen LogP contribution in [0.3, 0.4) is 0 Å². The SMILES string of the molecule is Cc1noc(C)c1CN(C)C(=O)c1cc(=O)[nH]c2ccccc12. The highest BCUT2D eigenvalue weighted by atomic mass is 16.5. The Hall–Kier alpha value is -2.89. The molecule has 1 N–H and O–H groups in total. The van der Waals surface area contributed by atoms with Gasteiger partial charge in [0.25, 0.3) is 5.91 Å². The van der Waals surface area contributed by atoms with Crippen LogP contribution in [0.4, 0.5) is 0 Å². The van der Waals surface area contributed by atoms with Gasteiger partial charge in [0.1, 0.15) is 5.76 Å². The van der Waals surface area contributed by atoms with Crippen molar-refractivity contribution in [3.05, 3.63) is 63.3 Å². The minimum atomic E-state index is -0.294. The number of nitrogens with zero attached hydrogens (tertiary/aromatic N) is 2. The molecule has 1 aromatic carbocycles. The maximum atomic E-state index is 12.8. The van der Waals surface area contributed by atoms with Gasteiger partial charge >= 0.3 is 0 Å². The molecule has 1 amide bonds. The van der Waals surface area contributed by atoms with Gasteiger partial charge < -0.3 is 14.4 Å². The molecule has 6 heteroatoms. The molecule has 6 nitrogen and oxygen atoms in total. The number of aryl methyl sites for hydroxylation is 2. The van der Waals surface area contributed by atoms with E-state index in [9.17, 15) is 9.59 Å². The number of benzene rings is 1. The van der Waals surface area contributed by atoms with E-state index in [0.29, 0.717) is 23.4 Å². The minimum Gasteiger partial charge on any atom is -0.361 e. The monoisotopic (exact) mass is 311 g/mol. The van der Waals surface area contributed by atoms with Gasteiger partial charge in [-0.05, 0) is 19.9 Å². The van der Waals surface area contributed by atoms with E-state index >= 15 is 0 Å². The van der Waals surface area contributed by atoms with Crippen LogP contribution in [0, 0.1) is 13.8 Å². The normalized spacial score (nSPS) is 10.9.